The molecular weight excluding hydrogens is 365 g/mol. The minimum atomic E-state index is -0.594. The topological polar surface area (TPSA) is 87.6 Å². The van der Waals surface area contributed by atoms with Gasteiger partial charge in [-0.05, 0) is 43.4 Å². The zero-order valence-corrected chi connectivity index (χ0v) is 15.8. The number of hydrogen-bond acceptors (Lipinski definition) is 7. The molecule has 0 aliphatic rings. The zero-order chi connectivity index (χ0) is 19.2. The van der Waals surface area contributed by atoms with Crippen molar-refractivity contribution in [2.45, 2.75) is 31.7 Å². The second kappa shape index (κ2) is 8.64. The van der Waals surface area contributed by atoms with Gasteiger partial charge < -0.3 is 9.84 Å². The van der Waals surface area contributed by atoms with Gasteiger partial charge >= 0.3 is 0 Å². The van der Waals surface area contributed by atoms with Crippen LogP contribution in [-0.4, -0.2) is 20.9 Å². The zero-order valence-electron chi connectivity index (χ0n) is 15.0. The van der Waals surface area contributed by atoms with E-state index in [1.165, 1.54) is 12.1 Å². The van der Waals surface area contributed by atoms with Crippen LogP contribution in [0.15, 0.2) is 40.0 Å². The molecule has 138 valence electrons. The average molecular weight is 383 g/mol. The first-order valence-corrected chi connectivity index (χ1v) is 9.50. The standard InChI is InChI=1S/C19H18FN5OS/c1-3-4-9-27-18-17(12(2)26-25-18)16-7-8-22-19(24-16)23-14-6-5-13(11-21)15(20)10-14/h5-8,10H,3-4,9H2,1-2H3,(H,22,23,24). The highest BCUT2D eigenvalue weighted by molar-refractivity contribution is 7.99. The number of aromatic nitrogens is 3. The number of halogens is 1. The van der Waals surface area contributed by atoms with Crippen molar-refractivity contribution in [3.63, 3.8) is 0 Å². The van der Waals surface area contributed by atoms with Gasteiger partial charge in [0.25, 0.3) is 0 Å². The van der Waals surface area contributed by atoms with E-state index in [-0.39, 0.29) is 5.56 Å². The van der Waals surface area contributed by atoms with Crippen molar-refractivity contribution in [3.05, 3.63) is 47.6 Å². The van der Waals surface area contributed by atoms with E-state index in [9.17, 15) is 4.39 Å². The Balaban J connectivity index is 1.85. The highest BCUT2D eigenvalue weighted by Gasteiger charge is 2.17. The number of nitriles is 1. The van der Waals surface area contributed by atoms with Gasteiger partial charge in [-0.25, -0.2) is 14.4 Å². The van der Waals surface area contributed by atoms with Gasteiger partial charge in [-0.15, -0.1) is 11.8 Å². The molecule has 0 saturated heterocycles. The van der Waals surface area contributed by atoms with E-state index >= 15 is 0 Å². The summed E-state index contributed by atoms with van der Waals surface area (Å²) in [6.45, 7) is 3.99. The molecule has 0 aliphatic carbocycles. The molecule has 0 spiro atoms. The molecule has 0 atom stereocenters. The van der Waals surface area contributed by atoms with Crippen molar-refractivity contribution in [1.82, 2.24) is 15.1 Å². The first kappa shape index (κ1) is 18.9. The molecular formula is C19H18FN5OS. The highest BCUT2D eigenvalue weighted by Crippen LogP contribution is 2.33. The first-order valence-electron chi connectivity index (χ1n) is 8.51. The third kappa shape index (κ3) is 4.44. The second-order valence-electron chi connectivity index (χ2n) is 5.82. The minimum absolute atomic E-state index is 0.0101. The summed E-state index contributed by atoms with van der Waals surface area (Å²) in [5.41, 5.74) is 1.97. The van der Waals surface area contributed by atoms with Gasteiger partial charge in [-0.3, -0.25) is 0 Å². The van der Waals surface area contributed by atoms with E-state index in [0.717, 1.165) is 29.2 Å². The molecule has 0 amide bonds. The van der Waals surface area contributed by atoms with Crippen LogP contribution >= 0.6 is 11.8 Å². The number of rotatable bonds is 7. The Morgan fingerprint density at radius 1 is 1.33 bits per heavy atom. The lowest BCUT2D eigenvalue weighted by atomic mass is 10.2. The highest BCUT2D eigenvalue weighted by atomic mass is 32.2. The predicted molar refractivity (Wildman–Crippen MR) is 102 cm³/mol. The molecule has 0 saturated carbocycles. The summed E-state index contributed by atoms with van der Waals surface area (Å²) >= 11 is 1.64. The SMILES string of the molecule is CCCCSc1noc(C)c1-c1ccnc(Nc2ccc(C#N)c(F)c2)n1. The van der Waals surface area contributed by atoms with Crippen LogP contribution in [0, 0.1) is 24.1 Å². The smallest absolute Gasteiger partial charge is 0.227 e. The lowest BCUT2D eigenvalue weighted by molar-refractivity contribution is 0.384. The van der Waals surface area contributed by atoms with E-state index in [1.807, 2.05) is 6.92 Å². The summed E-state index contributed by atoms with van der Waals surface area (Å²) in [6.07, 6.45) is 3.83. The first-order chi connectivity index (χ1) is 13.1. The Bertz CT molecular complexity index is 982. The van der Waals surface area contributed by atoms with Gasteiger partial charge in [0.15, 0.2) is 0 Å². The summed E-state index contributed by atoms with van der Waals surface area (Å²) < 4.78 is 19.1. The van der Waals surface area contributed by atoms with Crippen molar-refractivity contribution in [2.24, 2.45) is 0 Å². The summed E-state index contributed by atoms with van der Waals surface area (Å²) in [4.78, 5) is 8.69. The number of hydrogen-bond donors (Lipinski definition) is 1. The Hall–Kier alpha value is -2.92. The summed E-state index contributed by atoms with van der Waals surface area (Å²) in [5.74, 6) is 1.36. The number of nitrogens with one attached hydrogen (secondary N) is 1. The third-order valence-electron chi connectivity index (χ3n) is 3.83. The maximum atomic E-state index is 13.8. The van der Waals surface area contributed by atoms with E-state index in [0.29, 0.717) is 23.1 Å². The fourth-order valence-corrected chi connectivity index (χ4v) is 3.53. The van der Waals surface area contributed by atoms with Crippen LogP contribution in [0.3, 0.4) is 0 Å². The lowest BCUT2D eigenvalue weighted by Gasteiger charge is -2.07. The summed E-state index contributed by atoms with van der Waals surface area (Å²) in [6, 6.07) is 7.84. The van der Waals surface area contributed by atoms with Gasteiger partial charge in [0.1, 0.15) is 22.7 Å². The lowest BCUT2D eigenvalue weighted by Crippen LogP contribution is -1.99. The van der Waals surface area contributed by atoms with Gasteiger partial charge in [0, 0.05) is 11.9 Å². The fourth-order valence-electron chi connectivity index (χ4n) is 2.42. The van der Waals surface area contributed by atoms with E-state index in [1.54, 1.807) is 36.2 Å². The summed E-state index contributed by atoms with van der Waals surface area (Å²) in [5, 5.41) is 16.7. The third-order valence-corrected chi connectivity index (χ3v) is 4.87. The van der Waals surface area contributed by atoms with E-state index in [4.69, 9.17) is 9.78 Å². The molecule has 0 fully saturated rings. The minimum Gasteiger partial charge on any atom is -0.360 e. The molecule has 8 heteroatoms. The molecule has 0 aliphatic heterocycles. The van der Waals surface area contributed by atoms with Gasteiger partial charge in [0.05, 0.1) is 16.8 Å². The van der Waals surface area contributed by atoms with Crippen LogP contribution in [0.25, 0.3) is 11.3 Å². The van der Waals surface area contributed by atoms with Crippen molar-refractivity contribution < 1.29 is 8.91 Å². The normalized spacial score (nSPS) is 10.6. The van der Waals surface area contributed by atoms with Crippen molar-refractivity contribution >= 4 is 23.4 Å². The number of aryl methyl sites for hydroxylation is 1. The molecule has 1 aromatic carbocycles. The molecule has 3 aromatic rings. The number of nitrogens with zero attached hydrogens (tertiary/aromatic N) is 4. The Morgan fingerprint density at radius 3 is 2.93 bits per heavy atom. The maximum absolute atomic E-state index is 13.8. The molecule has 0 radical (unpaired) electrons. The Kier molecular flexibility index (Phi) is 6.04. The van der Waals surface area contributed by atoms with Crippen molar-refractivity contribution in [2.75, 3.05) is 11.1 Å². The molecule has 27 heavy (non-hydrogen) atoms. The molecule has 6 nitrogen and oxygen atoms in total. The monoisotopic (exact) mass is 383 g/mol. The number of anilines is 2. The van der Waals surface area contributed by atoms with Crippen LogP contribution in [0.1, 0.15) is 31.1 Å². The Labute approximate surface area is 160 Å². The van der Waals surface area contributed by atoms with Crippen LogP contribution in [0.5, 0.6) is 0 Å². The van der Waals surface area contributed by atoms with E-state index < -0.39 is 5.82 Å². The van der Waals surface area contributed by atoms with Crippen molar-refractivity contribution in [3.8, 4) is 17.3 Å². The quantitative estimate of drug-likeness (QED) is 0.449. The van der Waals surface area contributed by atoms with Gasteiger partial charge in [-0.2, -0.15) is 5.26 Å². The Morgan fingerprint density at radius 2 is 2.19 bits per heavy atom. The fraction of sp³-hybridized carbons (Fsp3) is 0.263. The number of thioether (sulfide) groups is 1. The van der Waals surface area contributed by atoms with Crippen LogP contribution in [0.2, 0.25) is 0 Å². The van der Waals surface area contributed by atoms with Crippen molar-refractivity contribution in [1.29, 1.82) is 5.26 Å². The largest absolute Gasteiger partial charge is 0.360 e. The second-order valence-corrected chi connectivity index (χ2v) is 6.90. The maximum Gasteiger partial charge on any atom is 0.227 e. The summed E-state index contributed by atoms with van der Waals surface area (Å²) in [7, 11) is 0. The average Bonchev–Trinajstić information content (AvgIpc) is 3.03. The molecule has 1 N–H and O–H groups in total. The molecule has 0 unspecified atom stereocenters. The van der Waals surface area contributed by atoms with Crippen LogP contribution in [-0.2, 0) is 0 Å². The predicted octanol–water partition coefficient (Wildman–Crippen LogP) is 5.09. The molecule has 2 heterocycles. The van der Waals surface area contributed by atoms with Gasteiger partial charge in [0.2, 0.25) is 5.95 Å². The molecule has 3 rings (SSSR count). The van der Waals surface area contributed by atoms with Crippen LogP contribution < -0.4 is 5.32 Å². The molecule has 2 aromatic heterocycles. The molecule has 0 bridgehead atoms. The number of benzene rings is 1. The van der Waals surface area contributed by atoms with E-state index in [2.05, 4.69) is 27.4 Å². The van der Waals surface area contributed by atoms with Gasteiger partial charge in [-0.1, -0.05) is 18.5 Å². The van der Waals surface area contributed by atoms with Crippen LogP contribution in [0.4, 0.5) is 16.0 Å². The number of unbranched alkanes of at least 4 members (excludes halogenated alkanes) is 1.